The van der Waals surface area contributed by atoms with Crippen molar-refractivity contribution in [1.82, 2.24) is 4.57 Å². The molecular weight excluding hydrogens is 205 g/mol. The Labute approximate surface area is 84.9 Å². The van der Waals surface area contributed by atoms with Crippen molar-refractivity contribution in [3.63, 3.8) is 0 Å². The molecule has 0 saturated heterocycles. The van der Waals surface area contributed by atoms with Gasteiger partial charge in [0.05, 0.1) is 15.9 Å². The van der Waals surface area contributed by atoms with Crippen LogP contribution in [-0.4, -0.2) is 10.9 Å². The Kier molecular flexibility index (Phi) is 2.04. The van der Waals surface area contributed by atoms with Gasteiger partial charge in [0.15, 0.2) is 6.29 Å². The van der Waals surface area contributed by atoms with E-state index in [1.807, 2.05) is 0 Å². The average Bonchev–Trinajstić information content (AvgIpc) is 2.41. The average molecular weight is 212 g/mol. The van der Waals surface area contributed by atoms with Crippen molar-refractivity contribution < 1.29 is 9.18 Å². The van der Waals surface area contributed by atoms with Crippen LogP contribution in [0, 0.1) is 5.82 Å². The second kappa shape index (κ2) is 3.10. The molecule has 1 aromatic heterocycles. The summed E-state index contributed by atoms with van der Waals surface area (Å²) in [5.41, 5.74) is 0.920. The smallest absolute Gasteiger partial charge is 0.168 e. The fourth-order valence-corrected chi connectivity index (χ4v) is 1.90. The number of rotatable bonds is 1. The first-order valence-corrected chi connectivity index (χ1v) is 4.42. The fourth-order valence-electron chi connectivity index (χ4n) is 1.55. The van der Waals surface area contributed by atoms with Crippen LogP contribution < -0.4 is 0 Å². The predicted molar refractivity (Wildman–Crippen MR) is 53.3 cm³/mol. The first-order valence-electron chi connectivity index (χ1n) is 4.04. The molecule has 14 heavy (non-hydrogen) atoms. The van der Waals surface area contributed by atoms with Crippen molar-refractivity contribution in [1.29, 1.82) is 0 Å². The highest BCUT2D eigenvalue weighted by Gasteiger charge is 2.15. The van der Waals surface area contributed by atoms with Gasteiger partial charge in [-0.05, 0) is 12.1 Å². The molecule has 0 bridgehead atoms. The van der Waals surface area contributed by atoms with E-state index in [1.54, 1.807) is 23.7 Å². The van der Waals surface area contributed by atoms with Crippen LogP contribution in [0.25, 0.3) is 10.9 Å². The van der Waals surface area contributed by atoms with Crippen LogP contribution in [0.1, 0.15) is 10.5 Å². The molecule has 0 aliphatic carbocycles. The number of benzene rings is 1. The Morgan fingerprint density at radius 3 is 2.79 bits per heavy atom. The lowest BCUT2D eigenvalue weighted by atomic mass is 10.2. The molecule has 0 spiro atoms. The van der Waals surface area contributed by atoms with Gasteiger partial charge in [-0.15, -0.1) is 0 Å². The molecule has 0 atom stereocenters. The Morgan fingerprint density at radius 1 is 1.50 bits per heavy atom. The second-order valence-corrected chi connectivity index (χ2v) is 3.39. The van der Waals surface area contributed by atoms with Crippen molar-refractivity contribution in [2.75, 3.05) is 0 Å². The number of aldehydes is 1. The molecular formula is C10H7ClFNO. The van der Waals surface area contributed by atoms with E-state index in [-0.39, 0.29) is 5.02 Å². The van der Waals surface area contributed by atoms with Crippen LogP contribution in [0.15, 0.2) is 18.2 Å². The number of halogens is 2. The molecule has 4 heteroatoms. The minimum atomic E-state index is -0.406. The molecule has 0 radical (unpaired) electrons. The third-order valence-electron chi connectivity index (χ3n) is 2.27. The lowest BCUT2D eigenvalue weighted by Gasteiger charge is -1.96. The first-order chi connectivity index (χ1) is 6.66. The van der Waals surface area contributed by atoms with Gasteiger partial charge in [-0.1, -0.05) is 17.7 Å². The Morgan fingerprint density at radius 2 is 2.21 bits per heavy atom. The molecule has 0 aliphatic heterocycles. The Bertz CT molecular complexity index is 518. The molecule has 2 rings (SSSR count). The number of nitrogens with zero attached hydrogens (tertiary/aromatic N) is 1. The molecule has 2 aromatic rings. The molecule has 1 heterocycles. The van der Waals surface area contributed by atoms with Crippen LogP contribution in [0.2, 0.25) is 5.02 Å². The summed E-state index contributed by atoms with van der Waals surface area (Å²) >= 11 is 5.88. The van der Waals surface area contributed by atoms with Crippen molar-refractivity contribution in [3.8, 4) is 0 Å². The quantitative estimate of drug-likeness (QED) is 0.665. The number of aryl methyl sites for hydroxylation is 1. The lowest BCUT2D eigenvalue weighted by Crippen LogP contribution is -1.93. The van der Waals surface area contributed by atoms with Crippen LogP contribution in [0.5, 0.6) is 0 Å². The summed E-state index contributed by atoms with van der Waals surface area (Å²) in [7, 11) is 1.68. The van der Waals surface area contributed by atoms with Gasteiger partial charge >= 0.3 is 0 Å². The topological polar surface area (TPSA) is 22.0 Å². The lowest BCUT2D eigenvalue weighted by molar-refractivity contribution is 0.111. The maximum atomic E-state index is 13.4. The maximum Gasteiger partial charge on any atom is 0.168 e. The van der Waals surface area contributed by atoms with Gasteiger partial charge < -0.3 is 4.57 Å². The second-order valence-electron chi connectivity index (χ2n) is 3.01. The Hall–Kier alpha value is -1.35. The molecule has 0 unspecified atom stereocenters. The molecule has 2 nitrogen and oxygen atoms in total. The van der Waals surface area contributed by atoms with E-state index in [0.717, 1.165) is 0 Å². The van der Waals surface area contributed by atoms with Crippen molar-refractivity contribution >= 4 is 28.8 Å². The van der Waals surface area contributed by atoms with Crippen molar-refractivity contribution in [3.05, 3.63) is 34.7 Å². The zero-order valence-electron chi connectivity index (χ0n) is 7.42. The zero-order valence-corrected chi connectivity index (χ0v) is 8.18. The number of carbonyl (C=O) groups excluding carboxylic acids is 1. The van der Waals surface area contributed by atoms with Gasteiger partial charge in [0.25, 0.3) is 0 Å². The molecule has 0 N–H and O–H groups in total. The molecule has 0 amide bonds. The summed E-state index contributed by atoms with van der Waals surface area (Å²) in [5, 5.41) is 0.481. The van der Waals surface area contributed by atoms with E-state index in [0.29, 0.717) is 22.9 Å². The number of aromatic nitrogens is 1. The van der Waals surface area contributed by atoms with Crippen LogP contribution >= 0.6 is 11.6 Å². The molecule has 0 fully saturated rings. The first kappa shape index (κ1) is 9.21. The third-order valence-corrected chi connectivity index (χ3v) is 2.65. The van der Waals surface area contributed by atoms with E-state index >= 15 is 0 Å². The van der Waals surface area contributed by atoms with E-state index < -0.39 is 5.82 Å². The largest absolute Gasteiger partial charge is 0.340 e. The molecule has 0 saturated carbocycles. The minimum absolute atomic E-state index is 0.176. The molecule has 72 valence electrons. The number of carbonyl (C=O) groups is 1. The number of fused-ring (bicyclic) bond motifs is 1. The highest BCUT2D eigenvalue weighted by atomic mass is 35.5. The molecule has 0 aliphatic rings. The SMILES string of the molecule is Cn1c(C=O)c(Cl)c2c(F)cccc21. The summed E-state index contributed by atoms with van der Waals surface area (Å²) in [6.45, 7) is 0. The van der Waals surface area contributed by atoms with Gasteiger partial charge in [0.1, 0.15) is 11.5 Å². The summed E-state index contributed by atoms with van der Waals surface area (Å²) in [4.78, 5) is 10.7. The van der Waals surface area contributed by atoms with Crippen LogP contribution in [-0.2, 0) is 7.05 Å². The van der Waals surface area contributed by atoms with Crippen LogP contribution in [0.4, 0.5) is 4.39 Å². The van der Waals surface area contributed by atoms with Crippen LogP contribution in [0.3, 0.4) is 0 Å². The molecule has 1 aromatic carbocycles. The minimum Gasteiger partial charge on any atom is -0.340 e. The summed E-state index contributed by atoms with van der Waals surface area (Å²) in [5.74, 6) is -0.406. The van der Waals surface area contributed by atoms with Crippen molar-refractivity contribution in [2.45, 2.75) is 0 Å². The maximum absolute atomic E-state index is 13.4. The van der Waals surface area contributed by atoms with Crippen molar-refractivity contribution in [2.24, 2.45) is 7.05 Å². The van der Waals surface area contributed by atoms with Gasteiger partial charge in [0.2, 0.25) is 0 Å². The van der Waals surface area contributed by atoms with Gasteiger partial charge in [0, 0.05) is 7.05 Å². The highest BCUT2D eigenvalue weighted by Crippen LogP contribution is 2.30. The van der Waals surface area contributed by atoms with E-state index in [1.165, 1.54) is 6.07 Å². The van der Waals surface area contributed by atoms with E-state index in [4.69, 9.17) is 11.6 Å². The van der Waals surface area contributed by atoms with Gasteiger partial charge in [-0.2, -0.15) is 0 Å². The van der Waals surface area contributed by atoms with Gasteiger partial charge in [-0.3, -0.25) is 4.79 Å². The summed E-state index contributed by atoms with van der Waals surface area (Å²) < 4.78 is 14.9. The highest BCUT2D eigenvalue weighted by molar-refractivity contribution is 6.38. The number of hydrogen-bond donors (Lipinski definition) is 0. The third kappa shape index (κ3) is 1.06. The fraction of sp³-hybridized carbons (Fsp3) is 0.100. The van der Waals surface area contributed by atoms with E-state index in [9.17, 15) is 9.18 Å². The normalized spacial score (nSPS) is 10.8. The number of hydrogen-bond acceptors (Lipinski definition) is 1. The predicted octanol–water partition coefficient (Wildman–Crippen LogP) is 2.78. The Balaban J connectivity index is 3.01. The zero-order chi connectivity index (χ0) is 10.3. The standard InChI is InChI=1S/C10H7ClFNO/c1-13-7-4-2-3-6(12)9(7)10(11)8(13)5-14/h2-5H,1H3. The van der Waals surface area contributed by atoms with Gasteiger partial charge in [-0.25, -0.2) is 4.39 Å². The van der Waals surface area contributed by atoms with E-state index in [2.05, 4.69) is 0 Å². The summed E-state index contributed by atoms with van der Waals surface area (Å²) in [6.07, 6.45) is 0.627. The summed E-state index contributed by atoms with van der Waals surface area (Å²) in [6, 6.07) is 4.63. The monoisotopic (exact) mass is 211 g/mol.